The Morgan fingerprint density at radius 2 is 2.05 bits per heavy atom. The van der Waals surface area contributed by atoms with Crippen LogP contribution in [0.5, 0.6) is 5.75 Å². The summed E-state index contributed by atoms with van der Waals surface area (Å²) < 4.78 is 7.36. The van der Waals surface area contributed by atoms with Crippen LogP contribution in [0.1, 0.15) is 5.56 Å². The maximum atomic E-state index is 5.68. The van der Waals surface area contributed by atoms with Crippen LogP contribution in [0.4, 0.5) is 0 Å². The highest BCUT2D eigenvalue weighted by Gasteiger charge is 2.10. The van der Waals surface area contributed by atoms with E-state index < -0.39 is 0 Å². The predicted molar refractivity (Wildman–Crippen MR) is 80.6 cm³/mol. The van der Waals surface area contributed by atoms with Crippen LogP contribution in [0.2, 0.25) is 0 Å². The monoisotopic (exact) mass is 267 g/mol. The maximum absolute atomic E-state index is 5.68. The summed E-state index contributed by atoms with van der Waals surface area (Å²) in [6, 6.07) is 14.1. The van der Waals surface area contributed by atoms with Gasteiger partial charge in [0.05, 0.1) is 18.1 Å². The molecule has 0 saturated heterocycles. The second-order valence-corrected chi connectivity index (χ2v) is 4.75. The van der Waals surface area contributed by atoms with E-state index in [2.05, 4.69) is 10.6 Å². The van der Waals surface area contributed by atoms with Gasteiger partial charge in [-0.1, -0.05) is 18.2 Å². The molecule has 0 fully saturated rings. The lowest BCUT2D eigenvalue weighted by atomic mass is 10.2. The third-order valence-electron chi connectivity index (χ3n) is 3.51. The summed E-state index contributed by atoms with van der Waals surface area (Å²) in [5.74, 6) is 1.75. The lowest BCUT2D eigenvalue weighted by Gasteiger charge is -2.05. The first-order valence-electron chi connectivity index (χ1n) is 6.53. The molecule has 0 bridgehead atoms. The van der Waals surface area contributed by atoms with E-state index in [1.807, 2.05) is 43.4 Å². The lowest BCUT2D eigenvalue weighted by molar-refractivity contribution is 0.415. The van der Waals surface area contributed by atoms with Crippen molar-refractivity contribution < 1.29 is 4.74 Å². The van der Waals surface area contributed by atoms with Gasteiger partial charge in [0.1, 0.15) is 11.6 Å². The predicted octanol–water partition coefficient (Wildman–Crippen LogP) is 2.71. The van der Waals surface area contributed by atoms with Crippen molar-refractivity contribution >= 4 is 11.0 Å². The van der Waals surface area contributed by atoms with Gasteiger partial charge in [0.2, 0.25) is 0 Å². The zero-order valence-corrected chi connectivity index (χ0v) is 11.6. The molecule has 0 aliphatic carbocycles. The van der Waals surface area contributed by atoms with Crippen LogP contribution in [0.3, 0.4) is 0 Å². The van der Waals surface area contributed by atoms with Gasteiger partial charge in [-0.15, -0.1) is 0 Å². The van der Waals surface area contributed by atoms with Crippen LogP contribution in [0.15, 0.2) is 42.5 Å². The van der Waals surface area contributed by atoms with Gasteiger partial charge in [0.25, 0.3) is 0 Å². The Hall–Kier alpha value is -2.33. The van der Waals surface area contributed by atoms with Crippen molar-refractivity contribution in [1.82, 2.24) is 9.55 Å². The van der Waals surface area contributed by atoms with Crippen molar-refractivity contribution in [2.75, 3.05) is 7.11 Å². The van der Waals surface area contributed by atoms with E-state index in [0.717, 1.165) is 33.7 Å². The fourth-order valence-electron chi connectivity index (χ4n) is 2.39. The van der Waals surface area contributed by atoms with E-state index in [0.29, 0.717) is 6.54 Å². The molecule has 0 unspecified atom stereocenters. The number of ether oxygens (including phenoxy) is 1. The fraction of sp³-hybridized carbons (Fsp3) is 0.188. The van der Waals surface area contributed by atoms with Gasteiger partial charge in [-0.3, -0.25) is 0 Å². The number of nitrogens with two attached hydrogens (primary N) is 1. The molecule has 2 aromatic carbocycles. The number of nitrogens with zero attached hydrogens (tertiary/aromatic N) is 2. The van der Waals surface area contributed by atoms with Gasteiger partial charge in [0.15, 0.2) is 0 Å². The molecule has 0 saturated carbocycles. The summed E-state index contributed by atoms with van der Waals surface area (Å²) in [6.07, 6.45) is 0. The molecule has 4 heteroatoms. The van der Waals surface area contributed by atoms with Crippen LogP contribution >= 0.6 is 0 Å². The number of rotatable bonds is 3. The zero-order chi connectivity index (χ0) is 14.1. The largest absolute Gasteiger partial charge is 0.497 e. The molecular weight excluding hydrogens is 250 g/mol. The summed E-state index contributed by atoms with van der Waals surface area (Å²) in [5.41, 5.74) is 9.88. The molecule has 1 heterocycles. The summed E-state index contributed by atoms with van der Waals surface area (Å²) in [4.78, 5) is 4.72. The number of hydrogen-bond donors (Lipinski definition) is 1. The third-order valence-corrected chi connectivity index (χ3v) is 3.51. The van der Waals surface area contributed by atoms with Gasteiger partial charge in [0, 0.05) is 19.2 Å². The Bertz CT molecular complexity index is 762. The molecule has 3 aromatic rings. The number of benzene rings is 2. The van der Waals surface area contributed by atoms with E-state index in [4.69, 9.17) is 15.5 Å². The SMILES string of the molecule is COc1cccc(-c2nc3cc(CN)ccc3n2C)c1. The minimum absolute atomic E-state index is 0.529. The molecule has 3 rings (SSSR count). The van der Waals surface area contributed by atoms with E-state index >= 15 is 0 Å². The van der Waals surface area contributed by atoms with Crippen LogP contribution in [-0.4, -0.2) is 16.7 Å². The number of aryl methyl sites for hydroxylation is 1. The van der Waals surface area contributed by atoms with E-state index in [1.54, 1.807) is 7.11 Å². The maximum Gasteiger partial charge on any atom is 0.140 e. The third kappa shape index (κ3) is 2.04. The highest BCUT2D eigenvalue weighted by Crippen LogP contribution is 2.26. The topological polar surface area (TPSA) is 53.1 Å². The average molecular weight is 267 g/mol. The lowest BCUT2D eigenvalue weighted by Crippen LogP contribution is -1.96. The van der Waals surface area contributed by atoms with Crippen LogP contribution in [-0.2, 0) is 13.6 Å². The van der Waals surface area contributed by atoms with Gasteiger partial charge >= 0.3 is 0 Å². The van der Waals surface area contributed by atoms with E-state index in [9.17, 15) is 0 Å². The van der Waals surface area contributed by atoms with Crippen molar-refractivity contribution in [3.05, 3.63) is 48.0 Å². The molecule has 1 aromatic heterocycles. The van der Waals surface area contributed by atoms with Gasteiger partial charge in [-0.25, -0.2) is 4.98 Å². The second kappa shape index (κ2) is 4.98. The number of aromatic nitrogens is 2. The van der Waals surface area contributed by atoms with Crippen LogP contribution in [0, 0.1) is 0 Å². The van der Waals surface area contributed by atoms with Crippen molar-refractivity contribution in [2.24, 2.45) is 12.8 Å². The summed E-state index contributed by atoms with van der Waals surface area (Å²) >= 11 is 0. The Kier molecular flexibility index (Phi) is 3.16. The quantitative estimate of drug-likeness (QED) is 0.793. The molecule has 2 N–H and O–H groups in total. The van der Waals surface area contributed by atoms with E-state index in [-0.39, 0.29) is 0 Å². The minimum atomic E-state index is 0.529. The molecule has 0 amide bonds. The first-order chi connectivity index (χ1) is 9.72. The van der Waals surface area contributed by atoms with Crippen molar-refractivity contribution in [3.8, 4) is 17.1 Å². The normalized spacial score (nSPS) is 10.9. The van der Waals surface area contributed by atoms with Crippen molar-refractivity contribution in [3.63, 3.8) is 0 Å². The first kappa shape index (κ1) is 12.7. The molecule has 4 nitrogen and oxygen atoms in total. The molecule has 0 aliphatic heterocycles. The Labute approximate surface area is 117 Å². The molecule has 0 atom stereocenters. The molecule has 0 spiro atoms. The number of fused-ring (bicyclic) bond motifs is 1. The van der Waals surface area contributed by atoms with Crippen molar-refractivity contribution in [1.29, 1.82) is 0 Å². The zero-order valence-electron chi connectivity index (χ0n) is 11.6. The van der Waals surface area contributed by atoms with E-state index in [1.165, 1.54) is 0 Å². The molecule has 102 valence electrons. The van der Waals surface area contributed by atoms with Gasteiger partial charge in [-0.2, -0.15) is 0 Å². The number of methoxy groups -OCH3 is 1. The summed E-state index contributed by atoms with van der Waals surface area (Å²) in [6.45, 7) is 0.529. The Balaban J connectivity index is 2.18. The van der Waals surface area contributed by atoms with Crippen LogP contribution in [0.25, 0.3) is 22.4 Å². The molecule has 20 heavy (non-hydrogen) atoms. The smallest absolute Gasteiger partial charge is 0.140 e. The Morgan fingerprint density at radius 1 is 1.20 bits per heavy atom. The minimum Gasteiger partial charge on any atom is -0.497 e. The standard InChI is InChI=1S/C16H17N3O/c1-19-15-7-6-11(10-17)8-14(15)18-16(19)12-4-3-5-13(9-12)20-2/h3-9H,10,17H2,1-2H3. The summed E-state index contributed by atoms with van der Waals surface area (Å²) in [5, 5.41) is 0. The summed E-state index contributed by atoms with van der Waals surface area (Å²) in [7, 11) is 3.69. The number of imidazole rings is 1. The first-order valence-corrected chi connectivity index (χ1v) is 6.53. The molecule has 0 radical (unpaired) electrons. The fourth-order valence-corrected chi connectivity index (χ4v) is 2.39. The second-order valence-electron chi connectivity index (χ2n) is 4.75. The Morgan fingerprint density at radius 3 is 2.80 bits per heavy atom. The molecular formula is C16H17N3O. The average Bonchev–Trinajstić information content (AvgIpc) is 2.83. The molecule has 0 aliphatic rings. The van der Waals surface area contributed by atoms with Gasteiger partial charge < -0.3 is 15.0 Å². The van der Waals surface area contributed by atoms with Gasteiger partial charge in [-0.05, 0) is 29.8 Å². The van der Waals surface area contributed by atoms with Crippen LogP contribution < -0.4 is 10.5 Å². The highest BCUT2D eigenvalue weighted by molar-refractivity contribution is 5.81. The highest BCUT2D eigenvalue weighted by atomic mass is 16.5. The number of hydrogen-bond acceptors (Lipinski definition) is 3. The van der Waals surface area contributed by atoms with Crippen molar-refractivity contribution in [2.45, 2.75) is 6.54 Å².